The van der Waals surface area contributed by atoms with Gasteiger partial charge in [0.2, 0.25) is 11.8 Å². The van der Waals surface area contributed by atoms with Crippen molar-refractivity contribution in [3.63, 3.8) is 0 Å². The van der Waals surface area contributed by atoms with E-state index in [2.05, 4.69) is 34.3 Å². The zero-order valence-corrected chi connectivity index (χ0v) is 17.6. The molecule has 1 aromatic carbocycles. The van der Waals surface area contributed by atoms with Gasteiger partial charge >= 0.3 is 0 Å². The van der Waals surface area contributed by atoms with Gasteiger partial charge in [-0.2, -0.15) is 0 Å². The van der Waals surface area contributed by atoms with E-state index in [-0.39, 0.29) is 24.2 Å². The number of carbonyl (C=O) groups excluding carboxylic acids is 2. The summed E-state index contributed by atoms with van der Waals surface area (Å²) in [4.78, 5) is 33.5. The van der Waals surface area contributed by atoms with Crippen LogP contribution in [-0.4, -0.2) is 46.2 Å². The van der Waals surface area contributed by atoms with Crippen molar-refractivity contribution in [1.29, 1.82) is 0 Å². The summed E-state index contributed by atoms with van der Waals surface area (Å²) in [6, 6.07) is 13.7. The van der Waals surface area contributed by atoms with Crippen molar-refractivity contribution in [3.05, 3.63) is 59.9 Å². The zero-order valence-electron chi connectivity index (χ0n) is 17.6. The van der Waals surface area contributed by atoms with Crippen LogP contribution in [0, 0.1) is 11.8 Å². The molecule has 2 unspecified atom stereocenters. The molecule has 0 spiro atoms. The van der Waals surface area contributed by atoms with Gasteiger partial charge in [-0.05, 0) is 55.1 Å². The van der Waals surface area contributed by atoms with Gasteiger partial charge in [-0.1, -0.05) is 25.1 Å². The Kier molecular flexibility index (Phi) is 6.43. The zero-order chi connectivity index (χ0) is 20.9. The molecule has 0 radical (unpaired) electrons. The molecular formula is C24H30N4O2. The summed E-state index contributed by atoms with van der Waals surface area (Å²) in [6.07, 6.45) is 4.57. The topological polar surface area (TPSA) is 65.5 Å². The van der Waals surface area contributed by atoms with E-state index >= 15 is 0 Å². The van der Waals surface area contributed by atoms with E-state index in [4.69, 9.17) is 0 Å². The molecule has 158 valence electrons. The van der Waals surface area contributed by atoms with Crippen LogP contribution < -0.4 is 5.32 Å². The van der Waals surface area contributed by atoms with Gasteiger partial charge in [-0.25, -0.2) is 0 Å². The number of nitrogens with one attached hydrogen (secondary N) is 1. The lowest BCUT2D eigenvalue weighted by atomic mass is 10.00. The van der Waals surface area contributed by atoms with Gasteiger partial charge in [0.25, 0.3) is 0 Å². The lowest BCUT2D eigenvalue weighted by molar-refractivity contribution is -0.128. The molecule has 3 heterocycles. The average molecular weight is 407 g/mol. The van der Waals surface area contributed by atoms with Crippen LogP contribution in [0.4, 0.5) is 5.69 Å². The fraction of sp³-hybridized carbons (Fsp3) is 0.458. The van der Waals surface area contributed by atoms with Gasteiger partial charge < -0.3 is 10.2 Å². The molecule has 2 aliphatic rings. The van der Waals surface area contributed by atoms with Crippen molar-refractivity contribution in [2.24, 2.45) is 11.8 Å². The van der Waals surface area contributed by atoms with E-state index in [1.54, 1.807) is 11.1 Å². The second kappa shape index (κ2) is 9.39. The normalized spacial score (nSPS) is 22.3. The third-order valence-corrected chi connectivity index (χ3v) is 6.03. The Balaban J connectivity index is 1.29. The molecule has 0 bridgehead atoms. The highest BCUT2D eigenvalue weighted by molar-refractivity contribution is 5.97. The summed E-state index contributed by atoms with van der Waals surface area (Å²) in [5.74, 6) is 0.357. The van der Waals surface area contributed by atoms with Crippen LogP contribution >= 0.6 is 0 Å². The van der Waals surface area contributed by atoms with Gasteiger partial charge in [-0.15, -0.1) is 0 Å². The standard InChI is InChI=1S/C24H30N4O2/c1-18-5-4-12-27(14-18)15-19-7-9-21(10-8-19)26-24(30)20-13-23(29)28(16-20)17-22-6-2-3-11-25-22/h2-3,6-11,18,20H,4-5,12-17H2,1H3,(H,26,30). The van der Waals surface area contributed by atoms with Crippen LogP contribution in [0.1, 0.15) is 37.4 Å². The molecule has 4 rings (SSSR count). The Morgan fingerprint density at radius 1 is 1.13 bits per heavy atom. The number of piperidine rings is 1. The molecule has 2 amide bonds. The first kappa shape index (κ1) is 20.5. The number of hydrogen-bond acceptors (Lipinski definition) is 4. The maximum atomic E-state index is 12.7. The molecule has 1 aromatic heterocycles. The molecule has 2 aromatic rings. The Labute approximate surface area is 178 Å². The number of amides is 2. The number of pyridine rings is 1. The second-order valence-corrected chi connectivity index (χ2v) is 8.67. The summed E-state index contributed by atoms with van der Waals surface area (Å²) in [6.45, 7) is 6.48. The Bertz CT molecular complexity index is 869. The maximum absolute atomic E-state index is 12.7. The predicted molar refractivity (Wildman–Crippen MR) is 117 cm³/mol. The van der Waals surface area contributed by atoms with E-state index in [0.29, 0.717) is 13.1 Å². The van der Waals surface area contributed by atoms with Crippen LogP contribution in [0.5, 0.6) is 0 Å². The Morgan fingerprint density at radius 3 is 2.70 bits per heavy atom. The summed E-state index contributed by atoms with van der Waals surface area (Å²) in [5.41, 5.74) is 2.89. The average Bonchev–Trinajstić information content (AvgIpc) is 3.11. The van der Waals surface area contributed by atoms with Crippen molar-refractivity contribution < 1.29 is 9.59 Å². The van der Waals surface area contributed by atoms with Crippen molar-refractivity contribution in [1.82, 2.24) is 14.8 Å². The van der Waals surface area contributed by atoms with E-state index in [1.165, 1.54) is 18.4 Å². The molecule has 0 aliphatic carbocycles. The third kappa shape index (κ3) is 5.25. The smallest absolute Gasteiger partial charge is 0.229 e. The summed E-state index contributed by atoms with van der Waals surface area (Å²) < 4.78 is 0. The molecule has 2 saturated heterocycles. The number of benzene rings is 1. The van der Waals surface area contributed by atoms with Gasteiger partial charge in [0.15, 0.2) is 0 Å². The molecule has 6 nitrogen and oxygen atoms in total. The number of likely N-dealkylation sites (tertiary alicyclic amines) is 2. The monoisotopic (exact) mass is 406 g/mol. The lowest BCUT2D eigenvalue weighted by Crippen LogP contribution is -2.33. The SMILES string of the molecule is CC1CCCN(Cc2ccc(NC(=O)C3CC(=O)N(Cc4ccccn4)C3)cc2)C1. The first-order valence-electron chi connectivity index (χ1n) is 10.9. The van der Waals surface area contributed by atoms with Crippen LogP contribution in [0.25, 0.3) is 0 Å². The summed E-state index contributed by atoms with van der Waals surface area (Å²) in [5, 5.41) is 2.98. The Morgan fingerprint density at radius 2 is 1.97 bits per heavy atom. The molecule has 0 saturated carbocycles. The minimum atomic E-state index is -0.323. The minimum Gasteiger partial charge on any atom is -0.336 e. The van der Waals surface area contributed by atoms with E-state index < -0.39 is 0 Å². The highest BCUT2D eigenvalue weighted by atomic mass is 16.2. The fourth-order valence-electron chi connectivity index (χ4n) is 4.41. The van der Waals surface area contributed by atoms with E-state index in [1.807, 2.05) is 30.3 Å². The van der Waals surface area contributed by atoms with E-state index in [9.17, 15) is 9.59 Å². The highest BCUT2D eigenvalue weighted by Gasteiger charge is 2.34. The van der Waals surface area contributed by atoms with Gasteiger partial charge in [-0.3, -0.25) is 19.5 Å². The number of rotatable bonds is 6. The molecule has 2 atom stereocenters. The number of hydrogen-bond donors (Lipinski definition) is 1. The van der Waals surface area contributed by atoms with E-state index in [0.717, 1.165) is 36.9 Å². The first-order chi connectivity index (χ1) is 14.6. The molecular weight excluding hydrogens is 376 g/mol. The molecule has 30 heavy (non-hydrogen) atoms. The quantitative estimate of drug-likeness (QED) is 0.799. The molecule has 1 N–H and O–H groups in total. The van der Waals surface area contributed by atoms with Crippen molar-refractivity contribution >= 4 is 17.5 Å². The van der Waals surface area contributed by atoms with Crippen molar-refractivity contribution in [2.75, 3.05) is 25.0 Å². The van der Waals surface area contributed by atoms with Gasteiger partial charge in [0, 0.05) is 37.9 Å². The largest absolute Gasteiger partial charge is 0.336 e. The molecule has 2 aliphatic heterocycles. The molecule has 6 heteroatoms. The van der Waals surface area contributed by atoms with Gasteiger partial charge in [0.05, 0.1) is 18.2 Å². The number of anilines is 1. The van der Waals surface area contributed by atoms with Crippen LogP contribution in [-0.2, 0) is 22.7 Å². The predicted octanol–water partition coefficient (Wildman–Crippen LogP) is 3.30. The fourth-order valence-corrected chi connectivity index (χ4v) is 4.41. The van der Waals surface area contributed by atoms with Crippen LogP contribution in [0.3, 0.4) is 0 Å². The first-order valence-corrected chi connectivity index (χ1v) is 10.9. The second-order valence-electron chi connectivity index (χ2n) is 8.67. The summed E-state index contributed by atoms with van der Waals surface area (Å²) in [7, 11) is 0. The summed E-state index contributed by atoms with van der Waals surface area (Å²) >= 11 is 0. The number of carbonyl (C=O) groups is 2. The van der Waals surface area contributed by atoms with Crippen molar-refractivity contribution in [2.45, 2.75) is 39.3 Å². The van der Waals surface area contributed by atoms with Crippen molar-refractivity contribution in [3.8, 4) is 0 Å². The van der Waals surface area contributed by atoms with Gasteiger partial charge in [0.1, 0.15) is 0 Å². The highest BCUT2D eigenvalue weighted by Crippen LogP contribution is 2.22. The lowest BCUT2D eigenvalue weighted by Gasteiger charge is -2.30. The number of nitrogens with zero attached hydrogens (tertiary/aromatic N) is 3. The van der Waals surface area contributed by atoms with Crippen LogP contribution in [0.2, 0.25) is 0 Å². The minimum absolute atomic E-state index is 0.00640. The van der Waals surface area contributed by atoms with Crippen LogP contribution in [0.15, 0.2) is 48.7 Å². The maximum Gasteiger partial charge on any atom is 0.229 e. The number of aromatic nitrogens is 1. The third-order valence-electron chi connectivity index (χ3n) is 6.03. The Hall–Kier alpha value is -2.73. The molecule has 2 fully saturated rings.